The van der Waals surface area contributed by atoms with Crippen LogP contribution in [0, 0.1) is 0 Å². The number of methoxy groups -OCH3 is 3. The lowest BCUT2D eigenvalue weighted by Crippen LogP contribution is -2.26. The molecular weight excluding hydrogens is 467 g/mol. The monoisotopic (exact) mass is 494 g/mol. The fourth-order valence-corrected chi connectivity index (χ4v) is 7.48. The van der Waals surface area contributed by atoms with Gasteiger partial charge in [0.05, 0.1) is 21.3 Å². The predicted molar refractivity (Wildman–Crippen MR) is 148 cm³/mol. The molecule has 0 aliphatic rings. The third-order valence-corrected chi connectivity index (χ3v) is 9.61. The Balaban J connectivity index is 1.84. The molecule has 0 amide bonds. The average Bonchev–Trinajstić information content (AvgIpc) is 2.96. The van der Waals surface area contributed by atoms with Gasteiger partial charge in [0.2, 0.25) is 0 Å². The molecule has 0 atom stereocenters. The number of ether oxygens (including phenoxy) is 3. The van der Waals surface area contributed by atoms with E-state index in [0.717, 1.165) is 43.6 Å². The van der Waals surface area contributed by atoms with E-state index in [1.165, 1.54) is 0 Å². The van der Waals surface area contributed by atoms with Crippen LogP contribution in [0.4, 0.5) is 0 Å². The van der Waals surface area contributed by atoms with Crippen LogP contribution in [-0.2, 0) is 4.57 Å². The zero-order chi connectivity index (χ0) is 25.1. The van der Waals surface area contributed by atoms with Gasteiger partial charge in [0, 0.05) is 21.5 Å². The highest BCUT2D eigenvalue weighted by molar-refractivity contribution is 7.85. The maximum absolute atomic E-state index is 15.4. The summed E-state index contributed by atoms with van der Waals surface area (Å²) >= 11 is 0. The van der Waals surface area contributed by atoms with E-state index in [0.29, 0.717) is 11.5 Å². The van der Waals surface area contributed by atoms with Gasteiger partial charge in [0.1, 0.15) is 17.2 Å². The first-order valence-electron chi connectivity index (χ1n) is 11.6. The van der Waals surface area contributed by atoms with Gasteiger partial charge in [-0.05, 0) is 70.9 Å². The molecule has 5 aromatic rings. The molecule has 5 rings (SSSR count). The normalized spacial score (nSPS) is 11.3. The summed E-state index contributed by atoms with van der Waals surface area (Å²) in [5.74, 6) is 2.16. The van der Waals surface area contributed by atoms with E-state index in [1.807, 2.05) is 97.1 Å². The van der Waals surface area contributed by atoms with E-state index in [4.69, 9.17) is 14.2 Å². The molecule has 0 spiro atoms. The van der Waals surface area contributed by atoms with Crippen LogP contribution in [0.2, 0.25) is 0 Å². The zero-order valence-electron chi connectivity index (χ0n) is 20.5. The van der Waals surface area contributed by atoms with Crippen LogP contribution in [0.15, 0.2) is 109 Å². The van der Waals surface area contributed by atoms with Crippen molar-refractivity contribution < 1.29 is 18.8 Å². The highest BCUT2D eigenvalue weighted by Crippen LogP contribution is 2.48. The number of rotatable bonds is 7. The molecule has 0 aliphatic heterocycles. The Morgan fingerprint density at radius 2 is 1.11 bits per heavy atom. The fraction of sp³-hybridized carbons (Fsp3) is 0.0968. The number of hydrogen-bond acceptors (Lipinski definition) is 4. The lowest BCUT2D eigenvalue weighted by atomic mass is 9.97. The van der Waals surface area contributed by atoms with Crippen molar-refractivity contribution >= 4 is 33.8 Å². The Bertz CT molecular complexity index is 1510. The lowest BCUT2D eigenvalue weighted by molar-refractivity contribution is 0.415. The molecular formula is C31H27O4P. The summed E-state index contributed by atoms with van der Waals surface area (Å²) in [6.45, 7) is 0. The number of hydrogen-bond donors (Lipinski definition) is 0. The minimum Gasteiger partial charge on any atom is -0.497 e. The Kier molecular flexibility index (Phi) is 6.54. The van der Waals surface area contributed by atoms with Gasteiger partial charge >= 0.3 is 0 Å². The van der Waals surface area contributed by atoms with Crippen LogP contribution in [0.25, 0.3) is 21.9 Å². The second-order valence-corrected chi connectivity index (χ2v) is 11.1. The first-order chi connectivity index (χ1) is 17.6. The molecule has 0 bridgehead atoms. The molecule has 0 aliphatic carbocycles. The molecule has 0 unspecified atom stereocenters. The van der Waals surface area contributed by atoms with Crippen molar-refractivity contribution in [1.82, 2.24) is 0 Å². The lowest BCUT2D eigenvalue weighted by Gasteiger charge is -2.24. The largest absolute Gasteiger partial charge is 0.497 e. The summed E-state index contributed by atoms with van der Waals surface area (Å²) in [5.41, 5.74) is 1.80. The Hall–Kier alpha value is -4.01. The minimum absolute atomic E-state index is 0.712. The molecule has 5 aromatic carbocycles. The third-order valence-electron chi connectivity index (χ3n) is 6.50. The average molecular weight is 495 g/mol. The van der Waals surface area contributed by atoms with Gasteiger partial charge in [-0.1, -0.05) is 54.6 Å². The molecule has 0 aromatic heterocycles. The van der Waals surface area contributed by atoms with Crippen LogP contribution in [0.5, 0.6) is 17.2 Å². The summed E-state index contributed by atoms with van der Waals surface area (Å²) in [7, 11) is 1.60. The smallest absolute Gasteiger partial charge is 0.171 e. The second-order valence-electron chi connectivity index (χ2n) is 8.39. The van der Waals surface area contributed by atoms with Gasteiger partial charge in [-0.3, -0.25) is 0 Å². The molecule has 0 saturated heterocycles. The Morgan fingerprint density at radius 3 is 1.69 bits per heavy atom. The second kappa shape index (κ2) is 9.93. The van der Waals surface area contributed by atoms with Gasteiger partial charge in [-0.25, -0.2) is 0 Å². The van der Waals surface area contributed by atoms with Crippen molar-refractivity contribution in [3.63, 3.8) is 0 Å². The van der Waals surface area contributed by atoms with Crippen molar-refractivity contribution in [2.75, 3.05) is 21.3 Å². The van der Waals surface area contributed by atoms with E-state index in [9.17, 15) is 0 Å². The highest BCUT2D eigenvalue weighted by Gasteiger charge is 2.33. The Labute approximate surface area is 211 Å². The van der Waals surface area contributed by atoms with Gasteiger partial charge in [-0.15, -0.1) is 0 Å². The van der Waals surface area contributed by atoms with E-state index in [2.05, 4.69) is 12.1 Å². The van der Waals surface area contributed by atoms with E-state index in [-0.39, 0.29) is 0 Å². The quantitative estimate of drug-likeness (QED) is 0.254. The van der Waals surface area contributed by atoms with Gasteiger partial charge < -0.3 is 18.8 Å². The van der Waals surface area contributed by atoms with Crippen molar-refractivity contribution in [1.29, 1.82) is 0 Å². The van der Waals surface area contributed by atoms with E-state index in [1.54, 1.807) is 21.3 Å². The SMILES string of the molecule is COc1ccc(P(=O)(c2ccc(OC)cc2)c2ccccc2-c2c(OC)ccc3ccccc23)cc1. The summed E-state index contributed by atoms with van der Waals surface area (Å²) < 4.78 is 32.0. The first-order valence-corrected chi connectivity index (χ1v) is 13.4. The maximum Gasteiger partial charge on any atom is 0.171 e. The summed E-state index contributed by atoms with van der Waals surface area (Å²) in [6.07, 6.45) is 0. The molecule has 0 radical (unpaired) electrons. The van der Waals surface area contributed by atoms with E-state index < -0.39 is 7.14 Å². The summed E-state index contributed by atoms with van der Waals surface area (Å²) in [6, 6.07) is 35.1. The highest BCUT2D eigenvalue weighted by atomic mass is 31.2. The van der Waals surface area contributed by atoms with Gasteiger partial charge in [0.25, 0.3) is 0 Å². The fourth-order valence-electron chi connectivity index (χ4n) is 4.67. The van der Waals surface area contributed by atoms with Crippen molar-refractivity contribution in [2.24, 2.45) is 0 Å². The number of fused-ring (bicyclic) bond motifs is 1. The molecule has 0 N–H and O–H groups in total. The van der Waals surface area contributed by atoms with Crippen LogP contribution in [-0.4, -0.2) is 21.3 Å². The van der Waals surface area contributed by atoms with Crippen molar-refractivity contribution in [3.05, 3.63) is 109 Å². The first kappa shape index (κ1) is 23.7. The summed E-state index contributed by atoms with van der Waals surface area (Å²) in [5, 5.41) is 4.32. The molecule has 4 nitrogen and oxygen atoms in total. The topological polar surface area (TPSA) is 44.8 Å². The van der Waals surface area contributed by atoms with Crippen molar-refractivity contribution in [3.8, 4) is 28.4 Å². The van der Waals surface area contributed by atoms with Gasteiger partial charge in [0.15, 0.2) is 7.14 Å². The molecule has 180 valence electrons. The summed E-state index contributed by atoms with van der Waals surface area (Å²) in [4.78, 5) is 0. The molecule has 36 heavy (non-hydrogen) atoms. The molecule has 0 fully saturated rings. The predicted octanol–water partition coefficient (Wildman–Crippen LogP) is 6.17. The maximum atomic E-state index is 15.4. The Morgan fingerprint density at radius 1 is 0.556 bits per heavy atom. The van der Waals surface area contributed by atoms with Gasteiger partial charge in [-0.2, -0.15) is 0 Å². The van der Waals surface area contributed by atoms with Crippen LogP contribution in [0.1, 0.15) is 0 Å². The third kappa shape index (κ3) is 4.04. The van der Waals surface area contributed by atoms with E-state index >= 15 is 4.57 Å². The molecule has 0 heterocycles. The van der Waals surface area contributed by atoms with Crippen LogP contribution in [0.3, 0.4) is 0 Å². The molecule has 0 saturated carbocycles. The number of benzene rings is 5. The minimum atomic E-state index is -3.32. The molecule has 5 heteroatoms. The van der Waals surface area contributed by atoms with Crippen LogP contribution < -0.4 is 30.1 Å². The standard InChI is InChI=1S/C31H27O4P/c1-33-23-13-17-25(18-14-23)36(32,26-19-15-24(34-2)16-20-26)30-11-7-6-10-28(30)31-27-9-5-4-8-22(27)12-21-29(31)35-3/h4-21H,1-3H3. The van der Waals surface area contributed by atoms with Crippen LogP contribution >= 0.6 is 7.14 Å². The van der Waals surface area contributed by atoms with Crippen molar-refractivity contribution in [2.45, 2.75) is 0 Å². The zero-order valence-corrected chi connectivity index (χ0v) is 21.4.